The maximum atomic E-state index is 4.82. The van der Waals surface area contributed by atoms with E-state index in [-0.39, 0.29) is 5.54 Å². The van der Waals surface area contributed by atoms with Gasteiger partial charge in [-0.3, -0.25) is 19.6 Å². The number of allylic oxidation sites excluding steroid dienone is 1. The number of rotatable bonds is 9. The molecule has 1 saturated heterocycles. The second kappa shape index (κ2) is 9.97. The van der Waals surface area contributed by atoms with Gasteiger partial charge >= 0.3 is 0 Å². The van der Waals surface area contributed by atoms with Gasteiger partial charge in [-0.15, -0.1) is 5.10 Å². The van der Waals surface area contributed by atoms with Gasteiger partial charge in [0.05, 0.1) is 18.4 Å². The van der Waals surface area contributed by atoms with Crippen LogP contribution in [0.5, 0.6) is 0 Å². The predicted octanol–water partition coefficient (Wildman–Crippen LogP) is 3.83. The quantitative estimate of drug-likeness (QED) is 0.452. The van der Waals surface area contributed by atoms with Crippen molar-refractivity contribution in [2.24, 2.45) is 17.0 Å². The molecule has 0 saturated carbocycles. The molecule has 3 aromatic heterocycles. The van der Waals surface area contributed by atoms with Gasteiger partial charge in [-0.1, -0.05) is 13.8 Å². The van der Waals surface area contributed by atoms with Crippen molar-refractivity contribution < 1.29 is 0 Å². The Morgan fingerprint density at radius 2 is 1.88 bits per heavy atom. The van der Waals surface area contributed by atoms with Crippen LogP contribution in [0.1, 0.15) is 40.5 Å². The lowest BCUT2D eigenvalue weighted by molar-refractivity contribution is 0.265. The molecule has 0 spiro atoms. The first kappa shape index (κ1) is 23.9. The van der Waals surface area contributed by atoms with Crippen LogP contribution < -0.4 is 4.90 Å². The molecule has 0 radical (unpaired) electrons. The zero-order chi connectivity index (χ0) is 24.3. The third kappa shape index (κ3) is 4.70. The minimum absolute atomic E-state index is 0.0470. The number of hydrogen-bond donors (Lipinski definition) is 0. The SMILES string of the molecule is C=N/C=C(C)\C=N/CN1CCN(c2nn(C)n3cc(-c4cnn(C(C)(CC)CC)c4)cc23)CC1. The summed E-state index contributed by atoms with van der Waals surface area (Å²) in [7, 11) is 1.99. The molecule has 9 nitrogen and oxygen atoms in total. The Morgan fingerprint density at radius 3 is 2.56 bits per heavy atom. The second-order valence-electron chi connectivity index (χ2n) is 9.36. The van der Waals surface area contributed by atoms with Crippen molar-refractivity contribution in [2.75, 3.05) is 37.7 Å². The molecule has 34 heavy (non-hydrogen) atoms. The molecule has 182 valence electrons. The molecule has 3 aromatic rings. The van der Waals surface area contributed by atoms with Gasteiger partial charge in [-0.2, -0.15) is 5.10 Å². The maximum absolute atomic E-state index is 4.82. The van der Waals surface area contributed by atoms with Crippen molar-refractivity contribution in [2.45, 2.75) is 46.1 Å². The zero-order valence-corrected chi connectivity index (χ0v) is 21.1. The van der Waals surface area contributed by atoms with Gasteiger partial charge in [0, 0.05) is 69.2 Å². The summed E-state index contributed by atoms with van der Waals surface area (Å²) in [6.45, 7) is 16.6. The van der Waals surface area contributed by atoms with E-state index in [2.05, 4.69) is 74.9 Å². The standard InChI is InChI=1S/C25H37N9/c1-7-25(4,8-2)34-18-22(16-28-34)21-13-23-24(29-30(6)33(23)17-21)32-11-9-31(10-12-32)19-27-15-20(3)14-26-5/h13-18H,5,7-12,19H2,1-4,6H3/b20-14-,27-15-. The molecule has 0 unspecified atom stereocenters. The molecule has 4 heterocycles. The van der Waals surface area contributed by atoms with E-state index in [9.17, 15) is 0 Å². The Kier molecular flexibility index (Phi) is 7.02. The Labute approximate surface area is 202 Å². The molecule has 0 bridgehead atoms. The first-order valence-corrected chi connectivity index (χ1v) is 12.1. The van der Waals surface area contributed by atoms with Crippen LogP contribution in [0.2, 0.25) is 0 Å². The average molecular weight is 464 g/mol. The van der Waals surface area contributed by atoms with Crippen LogP contribution in [0.25, 0.3) is 16.6 Å². The predicted molar refractivity (Wildman–Crippen MR) is 140 cm³/mol. The van der Waals surface area contributed by atoms with Crippen molar-refractivity contribution in [1.82, 2.24) is 29.1 Å². The summed E-state index contributed by atoms with van der Waals surface area (Å²) in [5, 5.41) is 9.52. The van der Waals surface area contributed by atoms with Crippen LogP contribution >= 0.6 is 0 Å². The van der Waals surface area contributed by atoms with Gasteiger partial charge in [0.15, 0.2) is 5.82 Å². The number of aromatic nitrogens is 5. The fourth-order valence-electron chi connectivity index (χ4n) is 4.40. The number of hydrogen-bond acceptors (Lipinski definition) is 6. The lowest BCUT2D eigenvalue weighted by Gasteiger charge is -2.33. The molecule has 1 aliphatic rings. The van der Waals surface area contributed by atoms with Crippen molar-refractivity contribution >= 4 is 24.3 Å². The van der Waals surface area contributed by atoms with E-state index >= 15 is 0 Å². The number of aliphatic imine (C=N–C) groups is 2. The molecule has 0 aliphatic carbocycles. The van der Waals surface area contributed by atoms with Crippen molar-refractivity contribution in [3.8, 4) is 11.1 Å². The van der Waals surface area contributed by atoms with E-state index in [4.69, 9.17) is 10.2 Å². The van der Waals surface area contributed by atoms with E-state index in [1.54, 1.807) is 6.20 Å². The molecular formula is C25H37N9. The Bertz CT molecular complexity index is 1180. The molecule has 4 rings (SSSR count). The lowest BCUT2D eigenvalue weighted by atomic mass is 9.96. The number of anilines is 1. The topological polar surface area (TPSA) is 71.2 Å². The van der Waals surface area contributed by atoms with E-state index in [0.29, 0.717) is 6.67 Å². The first-order valence-electron chi connectivity index (χ1n) is 12.1. The van der Waals surface area contributed by atoms with Crippen molar-refractivity contribution in [3.63, 3.8) is 0 Å². The minimum atomic E-state index is 0.0470. The largest absolute Gasteiger partial charge is 0.351 e. The molecule has 0 atom stereocenters. The summed E-state index contributed by atoms with van der Waals surface area (Å²) in [6, 6.07) is 2.23. The summed E-state index contributed by atoms with van der Waals surface area (Å²) in [4.78, 5) is 15.0. The number of aryl methyl sites for hydroxylation is 1. The summed E-state index contributed by atoms with van der Waals surface area (Å²) < 4.78 is 4.25. The van der Waals surface area contributed by atoms with Crippen LogP contribution in [0.4, 0.5) is 5.82 Å². The van der Waals surface area contributed by atoms with Crippen LogP contribution in [0.3, 0.4) is 0 Å². The summed E-state index contributed by atoms with van der Waals surface area (Å²) in [6.07, 6.45) is 12.0. The average Bonchev–Trinajstić information content (AvgIpc) is 3.56. The van der Waals surface area contributed by atoms with Crippen molar-refractivity contribution in [3.05, 3.63) is 36.4 Å². The highest BCUT2D eigenvalue weighted by molar-refractivity contribution is 5.78. The summed E-state index contributed by atoms with van der Waals surface area (Å²) >= 11 is 0. The summed E-state index contributed by atoms with van der Waals surface area (Å²) in [5.41, 5.74) is 4.49. The molecule has 1 fully saturated rings. The monoisotopic (exact) mass is 463 g/mol. The fraction of sp³-hybridized carbons (Fsp3) is 0.520. The van der Waals surface area contributed by atoms with Gasteiger partial charge < -0.3 is 4.90 Å². The molecule has 1 aliphatic heterocycles. The molecule has 9 heteroatoms. The fourth-order valence-corrected chi connectivity index (χ4v) is 4.40. The number of fused-ring (bicyclic) bond motifs is 1. The third-order valence-corrected chi connectivity index (χ3v) is 7.12. The lowest BCUT2D eigenvalue weighted by Crippen LogP contribution is -2.46. The number of piperazine rings is 1. The normalized spacial score (nSPS) is 16.3. The number of nitrogens with zero attached hydrogens (tertiary/aromatic N) is 9. The van der Waals surface area contributed by atoms with E-state index in [1.165, 1.54) is 5.56 Å². The molecule has 0 amide bonds. The Morgan fingerprint density at radius 1 is 1.15 bits per heavy atom. The summed E-state index contributed by atoms with van der Waals surface area (Å²) in [5.74, 6) is 1.03. The van der Waals surface area contributed by atoms with Crippen LogP contribution in [0.15, 0.2) is 46.4 Å². The van der Waals surface area contributed by atoms with E-state index in [0.717, 1.165) is 61.5 Å². The van der Waals surface area contributed by atoms with E-state index in [1.807, 2.05) is 31.2 Å². The minimum Gasteiger partial charge on any atom is -0.351 e. The highest BCUT2D eigenvalue weighted by Gasteiger charge is 2.25. The molecular weight excluding hydrogens is 426 g/mol. The van der Waals surface area contributed by atoms with Crippen LogP contribution in [-0.2, 0) is 12.6 Å². The Hall–Kier alpha value is -3.20. The third-order valence-electron chi connectivity index (χ3n) is 7.12. The van der Waals surface area contributed by atoms with Gasteiger partial charge in [0.1, 0.15) is 5.52 Å². The molecule has 0 N–H and O–H groups in total. The van der Waals surface area contributed by atoms with Gasteiger partial charge in [-0.05, 0) is 45.0 Å². The maximum Gasteiger partial charge on any atom is 0.176 e. The van der Waals surface area contributed by atoms with Gasteiger partial charge in [-0.25, -0.2) is 9.31 Å². The Balaban J connectivity index is 1.48. The van der Waals surface area contributed by atoms with Gasteiger partial charge in [0.25, 0.3) is 0 Å². The zero-order valence-electron chi connectivity index (χ0n) is 21.1. The van der Waals surface area contributed by atoms with Gasteiger partial charge in [0.2, 0.25) is 0 Å². The smallest absolute Gasteiger partial charge is 0.176 e. The van der Waals surface area contributed by atoms with Crippen LogP contribution in [-0.4, -0.2) is 74.9 Å². The second-order valence-corrected chi connectivity index (χ2v) is 9.36. The highest BCUT2D eigenvalue weighted by atomic mass is 15.5. The van der Waals surface area contributed by atoms with Crippen molar-refractivity contribution in [1.29, 1.82) is 0 Å². The highest BCUT2D eigenvalue weighted by Crippen LogP contribution is 2.31. The molecule has 0 aromatic carbocycles. The van der Waals surface area contributed by atoms with E-state index < -0.39 is 0 Å². The first-order chi connectivity index (χ1) is 16.4. The van der Waals surface area contributed by atoms with Crippen LogP contribution in [0, 0.1) is 0 Å².